The van der Waals surface area contributed by atoms with Crippen molar-refractivity contribution >= 4 is 49.8 Å². The standard InChI is InChI=1S/C24H20N2O4S/c1-15(27)16-6-8-17(9-7-16)25-10-12-26(13-11-25)23(28)21-14-19-22(31-21)18-4-2-3-5-20(18)30-24(19)29/h2-9,14H,10-13H2,1H3. The summed E-state index contributed by atoms with van der Waals surface area (Å²) in [5, 5.41) is 1.30. The van der Waals surface area contributed by atoms with E-state index >= 15 is 0 Å². The van der Waals surface area contributed by atoms with Gasteiger partial charge in [-0.15, -0.1) is 11.3 Å². The van der Waals surface area contributed by atoms with Gasteiger partial charge in [0.15, 0.2) is 5.78 Å². The molecule has 0 spiro atoms. The molecule has 0 atom stereocenters. The van der Waals surface area contributed by atoms with Gasteiger partial charge in [-0.3, -0.25) is 9.59 Å². The van der Waals surface area contributed by atoms with E-state index in [-0.39, 0.29) is 11.7 Å². The highest BCUT2D eigenvalue weighted by Crippen LogP contribution is 2.31. The first-order chi connectivity index (χ1) is 15.0. The highest BCUT2D eigenvalue weighted by atomic mass is 32.1. The fourth-order valence-electron chi connectivity index (χ4n) is 3.98. The summed E-state index contributed by atoms with van der Waals surface area (Å²) in [6, 6.07) is 16.6. The minimum Gasteiger partial charge on any atom is -0.422 e. The first-order valence-corrected chi connectivity index (χ1v) is 10.9. The number of amides is 1. The summed E-state index contributed by atoms with van der Waals surface area (Å²) in [6.07, 6.45) is 0. The molecular weight excluding hydrogens is 412 g/mol. The van der Waals surface area contributed by atoms with E-state index in [1.54, 1.807) is 19.1 Å². The number of hydrogen-bond donors (Lipinski definition) is 0. The number of nitrogens with zero attached hydrogens (tertiary/aromatic N) is 2. The van der Waals surface area contributed by atoms with Crippen molar-refractivity contribution in [1.82, 2.24) is 4.90 Å². The van der Waals surface area contributed by atoms with Gasteiger partial charge in [-0.05, 0) is 49.4 Å². The Balaban J connectivity index is 1.35. The number of piperazine rings is 1. The molecule has 1 amide bonds. The van der Waals surface area contributed by atoms with Gasteiger partial charge in [0.1, 0.15) is 5.58 Å². The van der Waals surface area contributed by atoms with Crippen LogP contribution < -0.4 is 10.5 Å². The van der Waals surface area contributed by atoms with Crippen LogP contribution in [-0.2, 0) is 0 Å². The second kappa shape index (κ2) is 7.67. The van der Waals surface area contributed by atoms with Gasteiger partial charge in [0, 0.05) is 42.8 Å². The normalized spacial score (nSPS) is 14.4. The Bertz CT molecular complexity index is 1360. The molecule has 2 aromatic carbocycles. The molecule has 6 nitrogen and oxygen atoms in total. The van der Waals surface area contributed by atoms with Crippen LogP contribution in [0.1, 0.15) is 27.0 Å². The average molecular weight is 433 g/mol. The largest absolute Gasteiger partial charge is 0.422 e. The molecular formula is C24H20N2O4S. The summed E-state index contributed by atoms with van der Waals surface area (Å²) in [4.78, 5) is 41.5. The molecule has 0 N–H and O–H groups in total. The lowest BCUT2D eigenvalue weighted by Crippen LogP contribution is -2.48. The Kier molecular flexibility index (Phi) is 4.82. The van der Waals surface area contributed by atoms with Crippen molar-refractivity contribution in [3.05, 3.63) is 75.5 Å². The van der Waals surface area contributed by atoms with Crippen molar-refractivity contribution < 1.29 is 14.0 Å². The third-order valence-electron chi connectivity index (χ3n) is 5.70. The minimum absolute atomic E-state index is 0.0483. The van der Waals surface area contributed by atoms with E-state index in [1.165, 1.54) is 11.3 Å². The van der Waals surface area contributed by atoms with E-state index in [2.05, 4.69) is 4.90 Å². The molecule has 1 saturated heterocycles. The van der Waals surface area contributed by atoms with Crippen LogP contribution in [0, 0.1) is 0 Å². The molecule has 0 unspecified atom stereocenters. The number of fused-ring (bicyclic) bond motifs is 3. The average Bonchev–Trinajstić information content (AvgIpc) is 3.25. The van der Waals surface area contributed by atoms with E-state index in [0.29, 0.717) is 47.6 Å². The first kappa shape index (κ1) is 19.5. The molecule has 1 fully saturated rings. The van der Waals surface area contributed by atoms with Crippen LogP contribution in [0.5, 0.6) is 0 Å². The van der Waals surface area contributed by atoms with Crippen molar-refractivity contribution in [1.29, 1.82) is 0 Å². The molecule has 2 aromatic heterocycles. The summed E-state index contributed by atoms with van der Waals surface area (Å²) < 4.78 is 6.19. The molecule has 0 saturated carbocycles. The molecule has 0 bridgehead atoms. The summed E-state index contributed by atoms with van der Waals surface area (Å²) in [5.74, 6) is -0.0108. The zero-order valence-electron chi connectivity index (χ0n) is 17.0. The number of Topliss-reactive ketones (excluding diaryl/α,β-unsaturated/α-hetero) is 1. The maximum Gasteiger partial charge on any atom is 0.345 e. The third kappa shape index (κ3) is 3.51. The number of para-hydroxylation sites is 1. The summed E-state index contributed by atoms with van der Waals surface area (Å²) in [6.45, 7) is 4.16. The lowest BCUT2D eigenvalue weighted by molar-refractivity contribution is 0.0751. The fourth-order valence-corrected chi connectivity index (χ4v) is 5.12. The van der Waals surface area contributed by atoms with Crippen LogP contribution in [0.25, 0.3) is 21.1 Å². The summed E-state index contributed by atoms with van der Waals surface area (Å²) >= 11 is 1.35. The molecule has 0 radical (unpaired) electrons. The van der Waals surface area contributed by atoms with Crippen LogP contribution in [0.4, 0.5) is 5.69 Å². The van der Waals surface area contributed by atoms with Gasteiger partial charge in [0.25, 0.3) is 5.91 Å². The maximum atomic E-state index is 13.1. The Morgan fingerprint density at radius 1 is 0.935 bits per heavy atom. The number of rotatable bonds is 3. The van der Waals surface area contributed by atoms with Gasteiger partial charge in [0.05, 0.1) is 15.0 Å². The fraction of sp³-hybridized carbons (Fsp3) is 0.208. The van der Waals surface area contributed by atoms with Crippen LogP contribution in [0.15, 0.2) is 63.8 Å². The smallest absolute Gasteiger partial charge is 0.345 e. The number of benzene rings is 2. The van der Waals surface area contributed by atoms with Gasteiger partial charge in [-0.2, -0.15) is 0 Å². The topological polar surface area (TPSA) is 70.8 Å². The van der Waals surface area contributed by atoms with Crippen LogP contribution >= 0.6 is 11.3 Å². The van der Waals surface area contributed by atoms with E-state index in [4.69, 9.17) is 4.42 Å². The van der Waals surface area contributed by atoms with Crippen molar-refractivity contribution in [3.63, 3.8) is 0 Å². The lowest BCUT2D eigenvalue weighted by Gasteiger charge is -2.36. The summed E-state index contributed by atoms with van der Waals surface area (Å²) in [5.41, 5.74) is 1.86. The van der Waals surface area contributed by atoms with Crippen molar-refractivity contribution in [3.8, 4) is 0 Å². The minimum atomic E-state index is -0.414. The number of hydrogen-bond acceptors (Lipinski definition) is 6. The van der Waals surface area contributed by atoms with Crippen LogP contribution in [-0.4, -0.2) is 42.8 Å². The number of carbonyl (C=O) groups is 2. The summed E-state index contributed by atoms with van der Waals surface area (Å²) in [7, 11) is 0. The SMILES string of the molecule is CC(=O)c1ccc(N2CCN(C(=O)c3cc4c(=O)oc5ccccc5c4s3)CC2)cc1. The lowest BCUT2D eigenvalue weighted by atomic mass is 10.1. The monoisotopic (exact) mass is 432 g/mol. The maximum absolute atomic E-state index is 13.1. The molecule has 1 aliphatic heterocycles. The Hall–Kier alpha value is -3.45. The van der Waals surface area contributed by atoms with Gasteiger partial charge in [-0.25, -0.2) is 4.79 Å². The molecule has 156 valence electrons. The molecule has 5 rings (SSSR count). The second-order valence-corrected chi connectivity index (χ2v) is 8.67. The Labute approximate surface area is 182 Å². The number of ketones is 1. The highest BCUT2D eigenvalue weighted by Gasteiger charge is 2.25. The predicted molar refractivity (Wildman–Crippen MR) is 122 cm³/mol. The zero-order valence-corrected chi connectivity index (χ0v) is 17.8. The van der Waals surface area contributed by atoms with Gasteiger partial charge in [0.2, 0.25) is 0 Å². The van der Waals surface area contributed by atoms with Gasteiger partial charge in [-0.1, -0.05) is 12.1 Å². The molecule has 7 heteroatoms. The van der Waals surface area contributed by atoms with Crippen molar-refractivity contribution in [2.75, 3.05) is 31.1 Å². The Morgan fingerprint density at radius 3 is 2.35 bits per heavy atom. The quantitative estimate of drug-likeness (QED) is 0.359. The van der Waals surface area contributed by atoms with Crippen LogP contribution in [0.3, 0.4) is 0 Å². The molecule has 4 aromatic rings. The Morgan fingerprint density at radius 2 is 1.65 bits per heavy atom. The predicted octanol–water partition coefficient (Wildman–Crippen LogP) is 4.17. The molecule has 0 aliphatic carbocycles. The highest BCUT2D eigenvalue weighted by molar-refractivity contribution is 7.21. The van der Waals surface area contributed by atoms with Gasteiger partial charge < -0.3 is 14.2 Å². The molecule has 1 aliphatic rings. The van der Waals surface area contributed by atoms with E-state index in [0.717, 1.165) is 15.8 Å². The van der Waals surface area contributed by atoms with E-state index in [9.17, 15) is 14.4 Å². The zero-order chi connectivity index (χ0) is 21.5. The first-order valence-electron chi connectivity index (χ1n) is 10.1. The number of anilines is 1. The number of thiophene rings is 1. The third-order valence-corrected chi connectivity index (χ3v) is 6.86. The molecule has 3 heterocycles. The van der Waals surface area contributed by atoms with Crippen molar-refractivity contribution in [2.45, 2.75) is 6.92 Å². The number of carbonyl (C=O) groups excluding carboxylic acids is 2. The molecule has 31 heavy (non-hydrogen) atoms. The van der Waals surface area contributed by atoms with E-state index < -0.39 is 5.63 Å². The van der Waals surface area contributed by atoms with Crippen molar-refractivity contribution in [2.24, 2.45) is 0 Å². The van der Waals surface area contributed by atoms with Gasteiger partial charge >= 0.3 is 5.63 Å². The van der Waals surface area contributed by atoms with Crippen LogP contribution in [0.2, 0.25) is 0 Å². The van der Waals surface area contributed by atoms with E-state index in [1.807, 2.05) is 47.4 Å². The second-order valence-electron chi connectivity index (χ2n) is 7.62.